The van der Waals surface area contributed by atoms with Crippen molar-refractivity contribution in [2.24, 2.45) is 9.98 Å². The van der Waals surface area contributed by atoms with Gasteiger partial charge in [0.2, 0.25) is 0 Å². The molecule has 0 fully saturated rings. The van der Waals surface area contributed by atoms with E-state index in [9.17, 15) is 0 Å². The van der Waals surface area contributed by atoms with Crippen molar-refractivity contribution in [1.29, 1.82) is 0 Å². The van der Waals surface area contributed by atoms with Crippen LogP contribution >= 0.6 is 21.6 Å². The quantitative estimate of drug-likeness (QED) is 0.178. The zero-order valence-electron chi connectivity index (χ0n) is 18.9. The molecule has 0 unspecified atom stereocenters. The first-order valence-corrected chi connectivity index (χ1v) is 12.8. The summed E-state index contributed by atoms with van der Waals surface area (Å²) in [5.41, 5.74) is 3.89. The van der Waals surface area contributed by atoms with Gasteiger partial charge in [-0.25, -0.2) is 0 Å². The number of methoxy groups -OCH3 is 2. The highest BCUT2D eigenvalue weighted by Gasteiger charge is 2.06. The summed E-state index contributed by atoms with van der Waals surface area (Å²) in [7, 11) is 6.68. The normalized spacial score (nSPS) is 11.2. The second kappa shape index (κ2) is 12.1. The third kappa shape index (κ3) is 6.53. The fraction of sp³-hybridized carbons (Fsp3) is 0.0714. The molecule has 0 saturated carbocycles. The maximum atomic E-state index is 5.22. The Morgan fingerprint density at radius 1 is 0.529 bits per heavy atom. The van der Waals surface area contributed by atoms with Crippen LogP contribution in [0.15, 0.2) is 117 Å². The van der Waals surface area contributed by atoms with Crippen LogP contribution in [0.4, 0.5) is 11.4 Å². The maximum absolute atomic E-state index is 5.22. The van der Waals surface area contributed by atoms with E-state index in [-0.39, 0.29) is 0 Å². The molecule has 4 nitrogen and oxygen atoms in total. The first-order chi connectivity index (χ1) is 16.7. The van der Waals surface area contributed by atoms with Gasteiger partial charge in [-0.1, -0.05) is 45.9 Å². The van der Waals surface area contributed by atoms with E-state index in [1.165, 1.54) is 0 Å². The topological polar surface area (TPSA) is 43.2 Å². The van der Waals surface area contributed by atoms with Gasteiger partial charge in [-0.05, 0) is 83.9 Å². The summed E-state index contributed by atoms with van der Waals surface area (Å²) in [4.78, 5) is 11.6. The first-order valence-electron chi connectivity index (χ1n) is 10.6. The lowest BCUT2D eigenvalue weighted by molar-refractivity contribution is 0.414. The van der Waals surface area contributed by atoms with E-state index >= 15 is 0 Å². The number of hydrogen-bond donors (Lipinski definition) is 0. The van der Waals surface area contributed by atoms with Gasteiger partial charge in [0.25, 0.3) is 0 Å². The minimum atomic E-state index is 0.831. The summed E-state index contributed by atoms with van der Waals surface area (Å²) in [5.74, 6) is 1.66. The fourth-order valence-electron chi connectivity index (χ4n) is 3.03. The van der Waals surface area contributed by atoms with Crippen molar-refractivity contribution in [3.8, 4) is 11.5 Å². The van der Waals surface area contributed by atoms with Gasteiger partial charge in [-0.15, -0.1) is 0 Å². The molecule has 0 amide bonds. The molecule has 0 heterocycles. The number of para-hydroxylation sites is 2. The van der Waals surface area contributed by atoms with Crippen LogP contribution in [0.3, 0.4) is 0 Å². The zero-order valence-corrected chi connectivity index (χ0v) is 20.6. The van der Waals surface area contributed by atoms with E-state index < -0.39 is 0 Å². The average molecular weight is 485 g/mol. The number of nitrogens with zero attached hydrogens (tertiary/aromatic N) is 2. The third-order valence-corrected chi connectivity index (χ3v) is 7.35. The molecule has 4 aromatic carbocycles. The Hall–Kier alpha value is -3.48. The molecule has 4 rings (SSSR count). The third-order valence-electron chi connectivity index (χ3n) is 4.89. The smallest absolute Gasteiger partial charge is 0.118 e. The van der Waals surface area contributed by atoms with Gasteiger partial charge < -0.3 is 9.47 Å². The summed E-state index contributed by atoms with van der Waals surface area (Å²) in [5, 5.41) is 0. The Morgan fingerprint density at radius 2 is 0.912 bits per heavy atom. The SMILES string of the molecule is COc1ccc(C=Nc2ccccc2SSc2ccccc2N=Cc2ccc(OC)cc2)cc1. The molecule has 34 heavy (non-hydrogen) atoms. The lowest BCUT2D eigenvalue weighted by atomic mass is 10.2. The highest BCUT2D eigenvalue weighted by molar-refractivity contribution is 8.76. The molecule has 0 aliphatic heterocycles. The highest BCUT2D eigenvalue weighted by Crippen LogP contribution is 2.44. The van der Waals surface area contributed by atoms with Gasteiger partial charge >= 0.3 is 0 Å². The molecule has 0 aliphatic carbocycles. The number of rotatable bonds is 9. The summed E-state index contributed by atoms with van der Waals surface area (Å²) in [6.07, 6.45) is 3.74. The zero-order chi connectivity index (χ0) is 23.6. The van der Waals surface area contributed by atoms with Gasteiger partial charge in [0.05, 0.1) is 25.6 Å². The van der Waals surface area contributed by atoms with E-state index in [1.807, 2.05) is 97.4 Å². The molecule has 0 atom stereocenters. The van der Waals surface area contributed by atoms with Crippen LogP contribution < -0.4 is 9.47 Å². The molecule has 0 bridgehead atoms. The van der Waals surface area contributed by atoms with Crippen molar-refractivity contribution in [2.45, 2.75) is 9.79 Å². The van der Waals surface area contributed by atoms with E-state index in [0.717, 1.165) is 43.8 Å². The second-order valence-electron chi connectivity index (χ2n) is 7.16. The molecule has 4 aromatic rings. The fourth-order valence-corrected chi connectivity index (χ4v) is 5.27. The van der Waals surface area contributed by atoms with Crippen LogP contribution in [0.25, 0.3) is 0 Å². The Bertz CT molecular complexity index is 1170. The van der Waals surface area contributed by atoms with E-state index in [4.69, 9.17) is 19.5 Å². The molecular formula is C28H24N2O2S2. The average Bonchev–Trinajstić information content (AvgIpc) is 2.91. The van der Waals surface area contributed by atoms with Crippen molar-refractivity contribution in [3.63, 3.8) is 0 Å². The standard InChI is InChI=1S/C28H24N2O2S2/c1-31-23-15-11-21(12-16-23)19-29-25-7-3-5-9-27(25)33-34-28-10-6-4-8-26(28)30-20-22-13-17-24(32-2)18-14-22/h3-20H,1-2H3. The van der Waals surface area contributed by atoms with Gasteiger partial charge in [-0.2, -0.15) is 0 Å². The minimum Gasteiger partial charge on any atom is -0.497 e. The Morgan fingerprint density at radius 3 is 1.29 bits per heavy atom. The number of benzene rings is 4. The number of aliphatic imine (C=N–C) groups is 2. The molecule has 6 heteroatoms. The molecule has 0 aromatic heterocycles. The summed E-state index contributed by atoms with van der Waals surface area (Å²) >= 11 is 0. The molecule has 0 aliphatic rings. The van der Waals surface area contributed by atoms with Crippen LogP contribution in [0.1, 0.15) is 11.1 Å². The highest BCUT2D eigenvalue weighted by atomic mass is 33.1. The Balaban J connectivity index is 1.46. The van der Waals surface area contributed by atoms with E-state index in [0.29, 0.717) is 0 Å². The van der Waals surface area contributed by atoms with Crippen LogP contribution in [0.5, 0.6) is 11.5 Å². The summed E-state index contributed by atoms with van der Waals surface area (Å²) in [6, 6.07) is 32.0. The molecule has 0 radical (unpaired) electrons. The predicted octanol–water partition coefficient (Wildman–Crippen LogP) is 8.00. The number of ether oxygens (including phenoxy) is 2. The number of hydrogen-bond acceptors (Lipinski definition) is 6. The van der Waals surface area contributed by atoms with Crippen molar-refractivity contribution in [1.82, 2.24) is 0 Å². The van der Waals surface area contributed by atoms with Gasteiger partial charge in [0, 0.05) is 22.2 Å². The van der Waals surface area contributed by atoms with Crippen LogP contribution in [-0.2, 0) is 0 Å². The minimum absolute atomic E-state index is 0.831. The molecule has 170 valence electrons. The van der Waals surface area contributed by atoms with Crippen LogP contribution in [0.2, 0.25) is 0 Å². The van der Waals surface area contributed by atoms with Gasteiger partial charge in [-0.3, -0.25) is 9.98 Å². The summed E-state index contributed by atoms with van der Waals surface area (Å²) < 4.78 is 10.4. The monoisotopic (exact) mass is 484 g/mol. The van der Waals surface area contributed by atoms with Crippen LogP contribution in [0, 0.1) is 0 Å². The maximum Gasteiger partial charge on any atom is 0.118 e. The Labute approximate surface area is 208 Å². The lowest BCUT2D eigenvalue weighted by Crippen LogP contribution is -1.84. The van der Waals surface area contributed by atoms with Gasteiger partial charge in [0.1, 0.15) is 11.5 Å². The molecule has 0 spiro atoms. The largest absolute Gasteiger partial charge is 0.497 e. The predicted molar refractivity (Wildman–Crippen MR) is 145 cm³/mol. The second-order valence-corrected chi connectivity index (χ2v) is 9.38. The molecule has 0 N–H and O–H groups in total. The molecular weight excluding hydrogens is 460 g/mol. The van der Waals surface area contributed by atoms with Crippen molar-refractivity contribution < 1.29 is 9.47 Å². The summed E-state index contributed by atoms with van der Waals surface area (Å²) in [6.45, 7) is 0. The van der Waals surface area contributed by atoms with Crippen LogP contribution in [-0.4, -0.2) is 26.6 Å². The Kier molecular flexibility index (Phi) is 8.43. The lowest BCUT2D eigenvalue weighted by Gasteiger charge is -2.07. The van der Waals surface area contributed by atoms with E-state index in [1.54, 1.807) is 35.8 Å². The first kappa shape index (κ1) is 23.7. The van der Waals surface area contributed by atoms with Crippen molar-refractivity contribution in [3.05, 3.63) is 108 Å². The van der Waals surface area contributed by atoms with Gasteiger partial charge in [0.15, 0.2) is 0 Å². The van der Waals surface area contributed by atoms with Crippen molar-refractivity contribution in [2.75, 3.05) is 14.2 Å². The van der Waals surface area contributed by atoms with Crippen molar-refractivity contribution >= 4 is 45.4 Å². The molecule has 0 saturated heterocycles. The van der Waals surface area contributed by atoms with E-state index in [2.05, 4.69) is 12.1 Å².